The van der Waals surface area contributed by atoms with Crippen LogP contribution in [0.2, 0.25) is 5.02 Å². The van der Waals surface area contributed by atoms with Crippen LogP contribution in [-0.2, 0) is 18.4 Å². The fourth-order valence-electron chi connectivity index (χ4n) is 2.25. The molecule has 0 aliphatic heterocycles. The molecule has 3 heteroatoms. The Morgan fingerprint density at radius 2 is 1.70 bits per heavy atom. The first-order valence-corrected chi connectivity index (χ1v) is 7.06. The summed E-state index contributed by atoms with van der Waals surface area (Å²) in [6.45, 7) is 3.82. The molecule has 20 heavy (non-hydrogen) atoms. The van der Waals surface area contributed by atoms with Crippen LogP contribution in [-0.4, -0.2) is 5.11 Å². The van der Waals surface area contributed by atoms with Crippen LogP contribution in [0.5, 0.6) is 0 Å². The maximum absolute atomic E-state index is 13.4. The van der Waals surface area contributed by atoms with Gasteiger partial charge in [-0.05, 0) is 42.2 Å². The Hall–Kier alpha value is -1.38. The van der Waals surface area contributed by atoms with Crippen molar-refractivity contribution in [2.24, 2.45) is 0 Å². The zero-order chi connectivity index (χ0) is 14.8. The molecule has 0 heterocycles. The van der Waals surface area contributed by atoms with Crippen LogP contribution >= 0.6 is 11.6 Å². The molecule has 0 spiro atoms. The standard InChI is InChI=1S/C17H18ClFO/c1-3-12-4-7-14(8-5-12)17(2,20)11-13-6-9-15(18)16(19)10-13/h4-10,20H,3,11H2,1-2H3. The summed E-state index contributed by atoms with van der Waals surface area (Å²) in [5, 5.41) is 10.7. The van der Waals surface area contributed by atoms with E-state index in [4.69, 9.17) is 11.6 Å². The quantitative estimate of drug-likeness (QED) is 0.880. The van der Waals surface area contributed by atoms with E-state index in [1.54, 1.807) is 13.0 Å². The lowest BCUT2D eigenvalue weighted by Crippen LogP contribution is -2.24. The number of aryl methyl sites for hydroxylation is 1. The van der Waals surface area contributed by atoms with Crippen LogP contribution in [0.1, 0.15) is 30.5 Å². The normalized spacial score (nSPS) is 14.1. The summed E-state index contributed by atoms with van der Waals surface area (Å²) in [4.78, 5) is 0. The first-order chi connectivity index (χ1) is 9.42. The molecule has 2 aromatic rings. The van der Waals surface area contributed by atoms with Crippen molar-refractivity contribution in [2.75, 3.05) is 0 Å². The maximum Gasteiger partial charge on any atom is 0.142 e. The first kappa shape index (κ1) is 15.0. The van der Waals surface area contributed by atoms with Crippen LogP contribution in [0.4, 0.5) is 4.39 Å². The van der Waals surface area contributed by atoms with Gasteiger partial charge in [-0.1, -0.05) is 48.9 Å². The molecule has 0 aliphatic rings. The highest BCUT2D eigenvalue weighted by atomic mass is 35.5. The number of aliphatic hydroxyl groups is 1. The summed E-state index contributed by atoms with van der Waals surface area (Å²) in [5.74, 6) is -0.457. The van der Waals surface area contributed by atoms with E-state index in [1.165, 1.54) is 17.7 Å². The second-order valence-corrected chi connectivity index (χ2v) is 5.66. The van der Waals surface area contributed by atoms with Crippen molar-refractivity contribution in [1.29, 1.82) is 0 Å². The van der Waals surface area contributed by atoms with Gasteiger partial charge in [-0.15, -0.1) is 0 Å². The minimum absolute atomic E-state index is 0.0979. The Labute approximate surface area is 124 Å². The number of hydrogen-bond acceptors (Lipinski definition) is 1. The smallest absolute Gasteiger partial charge is 0.142 e. The van der Waals surface area contributed by atoms with Crippen LogP contribution in [0.3, 0.4) is 0 Å². The third-order valence-electron chi connectivity index (χ3n) is 3.52. The van der Waals surface area contributed by atoms with Crippen molar-refractivity contribution < 1.29 is 9.50 Å². The number of hydrogen-bond donors (Lipinski definition) is 1. The van der Waals surface area contributed by atoms with Gasteiger partial charge in [0.25, 0.3) is 0 Å². The van der Waals surface area contributed by atoms with Crippen molar-refractivity contribution in [1.82, 2.24) is 0 Å². The van der Waals surface area contributed by atoms with Gasteiger partial charge in [0.2, 0.25) is 0 Å². The zero-order valence-corrected chi connectivity index (χ0v) is 12.4. The van der Waals surface area contributed by atoms with E-state index in [2.05, 4.69) is 6.92 Å². The average molecular weight is 293 g/mol. The van der Waals surface area contributed by atoms with Gasteiger partial charge >= 0.3 is 0 Å². The van der Waals surface area contributed by atoms with E-state index in [-0.39, 0.29) is 5.02 Å². The molecule has 1 nitrogen and oxygen atoms in total. The van der Waals surface area contributed by atoms with Crippen molar-refractivity contribution in [2.45, 2.75) is 32.3 Å². The fraction of sp³-hybridized carbons (Fsp3) is 0.294. The van der Waals surface area contributed by atoms with Crippen LogP contribution in [0.15, 0.2) is 42.5 Å². The monoisotopic (exact) mass is 292 g/mol. The topological polar surface area (TPSA) is 20.2 Å². The third kappa shape index (κ3) is 3.38. The third-order valence-corrected chi connectivity index (χ3v) is 3.82. The molecule has 0 saturated carbocycles. The van der Waals surface area contributed by atoms with E-state index < -0.39 is 11.4 Å². The molecule has 0 fully saturated rings. The van der Waals surface area contributed by atoms with Crippen LogP contribution < -0.4 is 0 Å². The lowest BCUT2D eigenvalue weighted by Gasteiger charge is -2.24. The minimum Gasteiger partial charge on any atom is -0.385 e. The zero-order valence-electron chi connectivity index (χ0n) is 11.7. The van der Waals surface area contributed by atoms with Gasteiger partial charge in [0.1, 0.15) is 5.82 Å². The molecule has 1 N–H and O–H groups in total. The van der Waals surface area contributed by atoms with Gasteiger partial charge < -0.3 is 5.11 Å². The summed E-state index contributed by atoms with van der Waals surface area (Å²) >= 11 is 5.66. The molecule has 1 atom stereocenters. The Kier molecular flexibility index (Phi) is 4.46. The largest absolute Gasteiger partial charge is 0.385 e. The van der Waals surface area contributed by atoms with Crippen LogP contribution in [0.25, 0.3) is 0 Å². The molecule has 0 saturated heterocycles. The molecular weight excluding hydrogens is 275 g/mol. The molecule has 0 bridgehead atoms. The number of halogens is 2. The molecule has 0 aromatic heterocycles. The predicted octanol–water partition coefficient (Wildman–Crippen LogP) is 4.49. The SMILES string of the molecule is CCc1ccc(C(C)(O)Cc2ccc(Cl)c(F)c2)cc1. The van der Waals surface area contributed by atoms with E-state index in [9.17, 15) is 9.50 Å². The van der Waals surface area contributed by atoms with E-state index in [1.807, 2.05) is 24.3 Å². The van der Waals surface area contributed by atoms with Gasteiger partial charge in [0.05, 0.1) is 10.6 Å². The molecule has 2 aromatic carbocycles. The van der Waals surface area contributed by atoms with E-state index >= 15 is 0 Å². The fourth-order valence-corrected chi connectivity index (χ4v) is 2.37. The first-order valence-electron chi connectivity index (χ1n) is 6.68. The summed E-state index contributed by atoms with van der Waals surface area (Å²) in [5.41, 5.74) is 1.73. The molecule has 0 aliphatic carbocycles. The summed E-state index contributed by atoms with van der Waals surface area (Å²) in [6, 6.07) is 12.5. The van der Waals surface area contributed by atoms with Gasteiger partial charge in [-0.25, -0.2) is 4.39 Å². The molecule has 0 amide bonds. The molecule has 1 unspecified atom stereocenters. The second-order valence-electron chi connectivity index (χ2n) is 5.25. The van der Waals surface area contributed by atoms with Gasteiger partial charge in [-0.2, -0.15) is 0 Å². The van der Waals surface area contributed by atoms with Crippen molar-refractivity contribution >= 4 is 11.6 Å². The summed E-state index contributed by atoms with van der Waals surface area (Å²) < 4.78 is 13.4. The molecular formula is C17H18ClFO. The number of benzene rings is 2. The lowest BCUT2D eigenvalue weighted by molar-refractivity contribution is 0.0575. The predicted molar refractivity (Wildman–Crippen MR) is 80.5 cm³/mol. The molecule has 2 rings (SSSR count). The van der Waals surface area contributed by atoms with Gasteiger partial charge in [0, 0.05) is 6.42 Å². The Balaban J connectivity index is 2.22. The average Bonchev–Trinajstić information content (AvgIpc) is 2.43. The Bertz CT molecular complexity index is 590. The lowest BCUT2D eigenvalue weighted by atomic mass is 9.88. The van der Waals surface area contributed by atoms with Crippen molar-refractivity contribution in [3.05, 3.63) is 70.0 Å². The summed E-state index contributed by atoms with van der Waals surface area (Å²) in [6.07, 6.45) is 1.30. The van der Waals surface area contributed by atoms with Gasteiger partial charge in [-0.3, -0.25) is 0 Å². The van der Waals surface area contributed by atoms with Crippen molar-refractivity contribution in [3.63, 3.8) is 0 Å². The highest BCUT2D eigenvalue weighted by molar-refractivity contribution is 6.30. The Morgan fingerprint density at radius 3 is 2.25 bits per heavy atom. The second kappa shape index (κ2) is 5.94. The Morgan fingerprint density at radius 1 is 1.10 bits per heavy atom. The van der Waals surface area contributed by atoms with Crippen molar-refractivity contribution in [3.8, 4) is 0 Å². The highest BCUT2D eigenvalue weighted by Crippen LogP contribution is 2.27. The number of rotatable bonds is 4. The van der Waals surface area contributed by atoms with Crippen LogP contribution in [0, 0.1) is 5.82 Å². The maximum atomic E-state index is 13.4. The molecule has 106 valence electrons. The van der Waals surface area contributed by atoms with E-state index in [0.717, 1.165) is 17.5 Å². The molecule has 0 radical (unpaired) electrons. The summed E-state index contributed by atoms with van der Waals surface area (Å²) in [7, 11) is 0. The highest BCUT2D eigenvalue weighted by Gasteiger charge is 2.23. The van der Waals surface area contributed by atoms with Gasteiger partial charge in [0.15, 0.2) is 0 Å². The minimum atomic E-state index is -1.04. The van der Waals surface area contributed by atoms with E-state index in [0.29, 0.717) is 6.42 Å².